The molecule has 1 aromatic rings. The zero-order valence-electron chi connectivity index (χ0n) is 11.0. The van der Waals surface area contributed by atoms with E-state index in [4.69, 9.17) is 5.11 Å². The number of aromatic carboxylic acids is 1. The first-order valence-corrected chi connectivity index (χ1v) is 5.80. The van der Waals surface area contributed by atoms with Gasteiger partial charge in [-0.25, -0.2) is 9.59 Å². The molecular weight excluding hydrogens is 252 g/mol. The summed E-state index contributed by atoms with van der Waals surface area (Å²) in [6.07, 6.45) is 1.37. The van der Waals surface area contributed by atoms with Crippen LogP contribution in [0.1, 0.15) is 10.5 Å². The Kier molecular flexibility index (Phi) is 5.73. The van der Waals surface area contributed by atoms with Gasteiger partial charge in [0.25, 0.3) is 0 Å². The van der Waals surface area contributed by atoms with E-state index >= 15 is 0 Å². The average molecular weight is 270 g/mol. The minimum absolute atomic E-state index is 0.0711. The number of hydrogen-bond acceptors (Lipinski definition) is 5. The first-order chi connectivity index (χ1) is 9.00. The number of carbonyl (C=O) groups excluding carboxylic acids is 1. The Labute approximate surface area is 110 Å². The predicted octanol–water partition coefficient (Wildman–Crippen LogP) is -1.16. The van der Waals surface area contributed by atoms with Crippen LogP contribution in [0.5, 0.6) is 0 Å². The van der Waals surface area contributed by atoms with Crippen LogP contribution in [0.3, 0.4) is 0 Å². The van der Waals surface area contributed by atoms with Gasteiger partial charge in [0.15, 0.2) is 5.69 Å². The lowest BCUT2D eigenvalue weighted by Crippen LogP contribution is -2.38. The summed E-state index contributed by atoms with van der Waals surface area (Å²) in [7, 11) is 3.35. The Bertz CT molecular complexity index is 431. The van der Waals surface area contributed by atoms with Crippen molar-refractivity contribution in [3.8, 4) is 0 Å². The Hall–Kier alpha value is -2.16. The Morgan fingerprint density at radius 1 is 1.37 bits per heavy atom. The van der Waals surface area contributed by atoms with Gasteiger partial charge in [-0.3, -0.25) is 4.68 Å². The summed E-state index contributed by atoms with van der Waals surface area (Å²) in [4.78, 5) is 23.2. The molecule has 0 aromatic carbocycles. The van der Waals surface area contributed by atoms with Gasteiger partial charge >= 0.3 is 12.0 Å². The van der Waals surface area contributed by atoms with Crippen molar-refractivity contribution >= 4 is 12.0 Å². The molecule has 9 heteroatoms. The number of urea groups is 1. The van der Waals surface area contributed by atoms with E-state index in [0.29, 0.717) is 26.2 Å². The Morgan fingerprint density at radius 3 is 2.68 bits per heavy atom. The van der Waals surface area contributed by atoms with Crippen molar-refractivity contribution in [2.75, 3.05) is 33.7 Å². The fraction of sp³-hybridized carbons (Fsp3) is 0.600. The Balaban J connectivity index is 2.10. The maximum atomic E-state index is 11.2. The lowest BCUT2D eigenvalue weighted by Gasteiger charge is -2.12. The highest BCUT2D eigenvalue weighted by Crippen LogP contribution is 1.91. The number of amides is 2. The number of hydrogen-bond donors (Lipinski definition) is 3. The molecule has 0 aliphatic heterocycles. The molecule has 1 rings (SSSR count). The minimum atomic E-state index is -1.09. The van der Waals surface area contributed by atoms with E-state index in [1.54, 1.807) is 14.1 Å². The number of nitrogens with zero attached hydrogens (tertiary/aromatic N) is 4. The van der Waals surface area contributed by atoms with Crippen molar-refractivity contribution in [2.24, 2.45) is 0 Å². The van der Waals surface area contributed by atoms with Crippen LogP contribution in [0, 0.1) is 0 Å². The van der Waals surface area contributed by atoms with Gasteiger partial charge in [-0.2, -0.15) is 0 Å². The van der Waals surface area contributed by atoms with Crippen LogP contribution in [0.15, 0.2) is 6.20 Å². The quantitative estimate of drug-likeness (QED) is 0.539. The molecule has 0 fully saturated rings. The standard InChI is InChI=1S/C10H18N6O3/c1-15(2)10(19)12-4-3-11-5-6-16-7-8(9(17)18)13-14-16/h7,11H,3-6H2,1-2H3,(H,12,19)(H,17,18). The molecule has 0 unspecified atom stereocenters. The lowest BCUT2D eigenvalue weighted by atomic mass is 10.5. The van der Waals surface area contributed by atoms with Crippen molar-refractivity contribution in [2.45, 2.75) is 6.54 Å². The maximum absolute atomic E-state index is 11.2. The summed E-state index contributed by atoms with van der Waals surface area (Å²) in [5.74, 6) is -1.09. The van der Waals surface area contributed by atoms with Crippen molar-refractivity contribution in [3.63, 3.8) is 0 Å². The van der Waals surface area contributed by atoms with Crippen LogP contribution >= 0.6 is 0 Å². The highest BCUT2D eigenvalue weighted by atomic mass is 16.4. The van der Waals surface area contributed by atoms with Crippen LogP contribution in [0.25, 0.3) is 0 Å². The van der Waals surface area contributed by atoms with E-state index in [0.717, 1.165) is 0 Å². The molecule has 2 amide bonds. The normalized spacial score (nSPS) is 10.2. The second-order valence-corrected chi connectivity index (χ2v) is 4.05. The molecule has 0 aliphatic rings. The van der Waals surface area contributed by atoms with Gasteiger partial charge in [0.1, 0.15) is 0 Å². The number of rotatable bonds is 7. The summed E-state index contributed by atoms with van der Waals surface area (Å²) >= 11 is 0. The maximum Gasteiger partial charge on any atom is 0.358 e. The number of carbonyl (C=O) groups is 2. The molecule has 0 spiro atoms. The van der Waals surface area contributed by atoms with Gasteiger partial charge in [0, 0.05) is 33.7 Å². The molecule has 0 bridgehead atoms. The fourth-order valence-corrected chi connectivity index (χ4v) is 1.24. The lowest BCUT2D eigenvalue weighted by molar-refractivity contribution is 0.0690. The molecule has 0 saturated carbocycles. The first kappa shape index (κ1) is 14.9. The van der Waals surface area contributed by atoms with E-state index in [-0.39, 0.29) is 11.7 Å². The summed E-state index contributed by atoms with van der Waals surface area (Å²) in [6.45, 7) is 2.27. The molecule has 106 valence electrons. The van der Waals surface area contributed by atoms with E-state index in [2.05, 4.69) is 20.9 Å². The zero-order valence-corrected chi connectivity index (χ0v) is 11.0. The van der Waals surface area contributed by atoms with E-state index in [1.165, 1.54) is 15.8 Å². The molecule has 0 saturated heterocycles. The second kappa shape index (κ2) is 7.31. The van der Waals surface area contributed by atoms with Crippen molar-refractivity contribution in [1.82, 2.24) is 30.5 Å². The van der Waals surface area contributed by atoms with Crippen LogP contribution in [-0.2, 0) is 6.54 Å². The zero-order chi connectivity index (χ0) is 14.3. The monoisotopic (exact) mass is 270 g/mol. The minimum Gasteiger partial charge on any atom is -0.476 e. The molecule has 19 heavy (non-hydrogen) atoms. The van der Waals surface area contributed by atoms with Crippen LogP contribution < -0.4 is 10.6 Å². The second-order valence-electron chi connectivity index (χ2n) is 4.05. The smallest absolute Gasteiger partial charge is 0.358 e. The third kappa shape index (κ3) is 5.34. The fourth-order valence-electron chi connectivity index (χ4n) is 1.24. The van der Waals surface area contributed by atoms with Crippen LogP contribution in [-0.4, -0.2) is 70.7 Å². The molecule has 0 aliphatic carbocycles. The van der Waals surface area contributed by atoms with E-state index in [1.807, 2.05) is 0 Å². The summed E-state index contributed by atoms with van der Waals surface area (Å²) in [5, 5.41) is 21.6. The van der Waals surface area contributed by atoms with Crippen molar-refractivity contribution < 1.29 is 14.7 Å². The van der Waals surface area contributed by atoms with Gasteiger partial charge in [-0.15, -0.1) is 5.10 Å². The van der Waals surface area contributed by atoms with Gasteiger partial charge in [0.05, 0.1) is 12.7 Å². The summed E-state index contributed by atoms with van der Waals surface area (Å²) in [5.41, 5.74) is -0.0711. The summed E-state index contributed by atoms with van der Waals surface area (Å²) in [6, 6.07) is -0.135. The van der Waals surface area contributed by atoms with Crippen molar-refractivity contribution in [3.05, 3.63) is 11.9 Å². The largest absolute Gasteiger partial charge is 0.476 e. The molecule has 0 radical (unpaired) electrons. The van der Waals surface area contributed by atoms with Gasteiger partial charge < -0.3 is 20.6 Å². The van der Waals surface area contributed by atoms with Crippen LogP contribution in [0.2, 0.25) is 0 Å². The average Bonchev–Trinajstić information content (AvgIpc) is 2.82. The molecule has 1 heterocycles. The molecular formula is C10H18N6O3. The number of nitrogens with one attached hydrogen (secondary N) is 2. The van der Waals surface area contributed by atoms with Gasteiger partial charge in [0.2, 0.25) is 0 Å². The van der Waals surface area contributed by atoms with Crippen LogP contribution in [0.4, 0.5) is 4.79 Å². The predicted molar refractivity (Wildman–Crippen MR) is 66.9 cm³/mol. The Morgan fingerprint density at radius 2 is 2.11 bits per heavy atom. The van der Waals surface area contributed by atoms with E-state index in [9.17, 15) is 9.59 Å². The highest BCUT2D eigenvalue weighted by Gasteiger charge is 2.07. The topological polar surface area (TPSA) is 112 Å². The molecule has 3 N–H and O–H groups in total. The number of carboxylic acids is 1. The van der Waals surface area contributed by atoms with Gasteiger partial charge in [-0.05, 0) is 0 Å². The highest BCUT2D eigenvalue weighted by molar-refractivity contribution is 5.84. The molecule has 1 aromatic heterocycles. The third-order valence-electron chi connectivity index (χ3n) is 2.26. The summed E-state index contributed by atoms with van der Waals surface area (Å²) < 4.78 is 1.45. The first-order valence-electron chi connectivity index (χ1n) is 5.80. The SMILES string of the molecule is CN(C)C(=O)NCCNCCn1cc(C(=O)O)nn1. The van der Waals surface area contributed by atoms with Crippen molar-refractivity contribution in [1.29, 1.82) is 0 Å². The third-order valence-corrected chi connectivity index (χ3v) is 2.26. The van der Waals surface area contributed by atoms with Gasteiger partial charge in [-0.1, -0.05) is 5.21 Å². The van der Waals surface area contributed by atoms with E-state index < -0.39 is 5.97 Å². The number of aromatic nitrogens is 3. The molecule has 9 nitrogen and oxygen atoms in total. The molecule has 0 atom stereocenters. The number of carboxylic acid groups (broad SMARTS) is 1.